The summed E-state index contributed by atoms with van der Waals surface area (Å²) in [6, 6.07) is 0. The van der Waals surface area contributed by atoms with Crippen molar-refractivity contribution in [2.24, 2.45) is 22.7 Å². The zero-order chi connectivity index (χ0) is 14.9. The van der Waals surface area contributed by atoms with E-state index in [1.54, 1.807) is 0 Å². The molecular formula is C20H35F. The molecule has 21 heavy (non-hydrogen) atoms. The molecule has 0 aromatic carbocycles. The first-order chi connectivity index (χ1) is 10.1. The number of halogens is 1. The molecule has 4 fully saturated rings. The lowest BCUT2D eigenvalue weighted by atomic mass is 9.47. The molecule has 0 aliphatic heterocycles. The average molecular weight is 294 g/mol. The van der Waals surface area contributed by atoms with Gasteiger partial charge >= 0.3 is 0 Å². The van der Waals surface area contributed by atoms with Gasteiger partial charge in [0.25, 0.3) is 0 Å². The summed E-state index contributed by atoms with van der Waals surface area (Å²) in [5, 5.41) is 0. The van der Waals surface area contributed by atoms with Crippen LogP contribution in [-0.4, -0.2) is 6.17 Å². The van der Waals surface area contributed by atoms with Crippen LogP contribution in [0.4, 0.5) is 4.39 Å². The highest BCUT2D eigenvalue weighted by Crippen LogP contribution is 2.63. The number of alkyl halides is 1. The Hall–Kier alpha value is -0.0700. The molecule has 3 atom stereocenters. The van der Waals surface area contributed by atoms with Crippen LogP contribution in [0.25, 0.3) is 0 Å². The van der Waals surface area contributed by atoms with E-state index in [1.165, 1.54) is 77.0 Å². The Morgan fingerprint density at radius 1 is 0.952 bits per heavy atom. The molecule has 0 heterocycles. The monoisotopic (exact) mass is 294 g/mol. The van der Waals surface area contributed by atoms with Gasteiger partial charge in [0.2, 0.25) is 0 Å². The van der Waals surface area contributed by atoms with Crippen molar-refractivity contribution in [2.45, 2.75) is 103 Å². The van der Waals surface area contributed by atoms with Gasteiger partial charge in [0.05, 0.1) is 0 Å². The SMILES string of the molecule is CCCCC12CCC(C3CC[C@H](CC)C[C@H]3F)(CC1)CC2. The first-order valence-corrected chi connectivity index (χ1v) is 9.77. The van der Waals surface area contributed by atoms with E-state index in [-0.39, 0.29) is 0 Å². The van der Waals surface area contributed by atoms with Gasteiger partial charge in [-0.2, -0.15) is 0 Å². The molecule has 0 saturated heterocycles. The van der Waals surface area contributed by atoms with Gasteiger partial charge in [-0.1, -0.05) is 33.1 Å². The summed E-state index contributed by atoms with van der Waals surface area (Å²) >= 11 is 0. The van der Waals surface area contributed by atoms with Crippen molar-refractivity contribution >= 4 is 0 Å². The van der Waals surface area contributed by atoms with E-state index < -0.39 is 6.17 Å². The number of unbranched alkanes of at least 4 members (excludes halogenated alkanes) is 1. The summed E-state index contributed by atoms with van der Waals surface area (Å²) in [6.45, 7) is 4.55. The minimum absolute atomic E-state index is 0.407. The zero-order valence-electron chi connectivity index (χ0n) is 14.3. The van der Waals surface area contributed by atoms with E-state index in [0.717, 1.165) is 6.42 Å². The summed E-state index contributed by atoms with van der Waals surface area (Å²) in [7, 11) is 0. The molecule has 122 valence electrons. The second-order valence-electron chi connectivity index (χ2n) is 8.68. The van der Waals surface area contributed by atoms with Crippen molar-refractivity contribution < 1.29 is 4.39 Å². The Bertz CT molecular complexity index is 323. The van der Waals surface area contributed by atoms with Crippen molar-refractivity contribution in [3.8, 4) is 0 Å². The van der Waals surface area contributed by atoms with Crippen LogP contribution in [-0.2, 0) is 0 Å². The van der Waals surface area contributed by atoms with E-state index in [4.69, 9.17) is 0 Å². The van der Waals surface area contributed by atoms with Gasteiger partial charge in [0.1, 0.15) is 6.17 Å². The molecule has 0 aromatic rings. The maximum atomic E-state index is 14.8. The predicted molar refractivity (Wildman–Crippen MR) is 88.1 cm³/mol. The van der Waals surface area contributed by atoms with Crippen LogP contribution in [0.3, 0.4) is 0 Å². The lowest BCUT2D eigenvalue weighted by Crippen LogP contribution is -2.49. The van der Waals surface area contributed by atoms with E-state index >= 15 is 0 Å². The Kier molecular flexibility index (Phi) is 4.67. The number of hydrogen-bond acceptors (Lipinski definition) is 0. The quantitative estimate of drug-likeness (QED) is 0.530. The fourth-order valence-corrected chi connectivity index (χ4v) is 6.03. The smallest absolute Gasteiger partial charge is 0.104 e. The fraction of sp³-hybridized carbons (Fsp3) is 1.00. The van der Waals surface area contributed by atoms with Crippen molar-refractivity contribution in [1.29, 1.82) is 0 Å². The Labute approximate surface area is 131 Å². The topological polar surface area (TPSA) is 0 Å². The van der Waals surface area contributed by atoms with Crippen molar-refractivity contribution in [3.63, 3.8) is 0 Å². The Morgan fingerprint density at radius 2 is 1.62 bits per heavy atom. The molecule has 0 amide bonds. The molecule has 2 bridgehead atoms. The van der Waals surface area contributed by atoms with Crippen LogP contribution >= 0.6 is 0 Å². The lowest BCUT2D eigenvalue weighted by molar-refractivity contribution is -0.0895. The maximum absolute atomic E-state index is 14.8. The summed E-state index contributed by atoms with van der Waals surface area (Å²) in [6.07, 6.45) is 16.5. The molecule has 1 unspecified atom stereocenters. The minimum atomic E-state index is -0.495. The van der Waals surface area contributed by atoms with Crippen LogP contribution in [0.15, 0.2) is 0 Å². The predicted octanol–water partition coefficient (Wildman–Crippen LogP) is 6.68. The molecule has 1 heteroatoms. The first kappa shape index (κ1) is 15.8. The molecular weight excluding hydrogens is 259 g/mol. The standard InChI is InChI=1S/C20H35F/c1-3-5-8-19-9-12-20(13-10-19,14-11-19)17-7-6-16(4-2)15-18(17)21/h16-18H,3-15H2,1-2H3/t16-,17?,18+,19?,20?/m0/s1. The van der Waals surface area contributed by atoms with Crippen LogP contribution in [0, 0.1) is 22.7 Å². The molecule has 4 saturated carbocycles. The van der Waals surface area contributed by atoms with Gasteiger partial charge in [0.15, 0.2) is 0 Å². The van der Waals surface area contributed by atoms with Gasteiger partial charge in [-0.3, -0.25) is 0 Å². The third kappa shape index (κ3) is 2.91. The summed E-state index contributed by atoms with van der Waals surface area (Å²) < 4.78 is 14.8. The van der Waals surface area contributed by atoms with Gasteiger partial charge in [0, 0.05) is 0 Å². The largest absolute Gasteiger partial charge is 0.247 e. The molecule has 0 spiro atoms. The zero-order valence-corrected chi connectivity index (χ0v) is 14.3. The van der Waals surface area contributed by atoms with Crippen LogP contribution in [0.2, 0.25) is 0 Å². The van der Waals surface area contributed by atoms with E-state index in [0.29, 0.717) is 22.7 Å². The first-order valence-electron chi connectivity index (χ1n) is 9.77. The Balaban J connectivity index is 1.63. The van der Waals surface area contributed by atoms with Gasteiger partial charge in [-0.15, -0.1) is 0 Å². The molecule has 0 radical (unpaired) electrons. The number of rotatable bonds is 5. The van der Waals surface area contributed by atoms with Gasteiger partial charge < -0.3 is 0 Å². The third-order valence-corrected chi connectivity index (χ3v) is 7.77. The highest BCUT2D eigenvalue weighted by Gasteiger charge is 2.53. The summed E-state index contributed by atoms with van der Waals surface area (Å²) in [5.41, 5.74) is 1.08. The lowest BCUT2D eigenvalue weighted by Gasteiger charge is -2.58. The van der Waals surface area contributed by atoms with Crippen molar-refractivity contribution in [3.05, 3.63) is 0 Å². The average Bonchev–Trinajstić information content (AvgIpc) is 2.54. The van der Waals surface area contributed by atoms with Gasteiger partial charge in [-0.25, -0.2) is 4.39 Å². The minimum Gasteiger partial charge on any atom is -0.247 e. The molecule has 4 aliphatic carbocycles. The van der Waals surface area contributed by atoms with E-state index in [1.807, 2.05) is 0 Å². The van der Waals surface area contributed by atoms with E-state index in [9.17, 15) is 4.39 Å². The molecule has 0 nitrogen and oxygen atoms in total. The fourth-order valence-electron chi connectivity index (χ4n) is 6.03. The second-order valence-corrected chi connectivity index (χ2v) is 8.68. The van der Waals surface area contributed by atoms with E-state index in [2.05, 4.69) is 13.8 Å². The molecule has 0 aromatic heterocycles. The van der Waals surface area contributed by atoms with Crippen molar-refractivity contribution in [1.82, 2.24) is 0 Å². The highest BCUT2D eigenvalue weighted by molar-refractivity contribution is 5.04. The second kappa shape index (κ2) is 6.20. The maximum Gasteiger partial charge on any atom is 0.104 e. The summed E-state index contributed by atoms with van der Waals surface area (Å²) in [4.78, 5) is 0. The molecule has 0 N–H and O–H groups in total. The highest BCUT2D eigenvalue weighted by atomic mass is 19.1. The van der Waals surface area contributed by atoms with Crippen molar-refractivity contribution in [2.75, 3.05) is 0 Å². The summed E-state index contributed by atoms with van der Waals surface area (Å²) in [5.74, 6) is 1.08. The van der Waals surface area contributed by atoms with Crippen LogP contribution in [0.1, 0.15) is 97.3 Å². The Morgan fingerprint density at radius 3 is 2.14 bits per heavy atom. The van der Waals surface area contributed by atoms with Crippen LogP contribution in [0.5, 0.6) is 0 Å². The van der Waals surface area contributed by atoms with Crippen LogP contribution < -0.4 is 0 Å². The van der Waals surface area contributed by atoms with Gasteiger partial charge in [-0.05, 0) is 86.9 Å². The third-order valence-electron chi connectivity index (χ3n) is 7.77. The molecule has 4 aliphatic rings. The number of fused-ring (bicyclic) bond motifs is 3. The molecule has 4 rings (SSSR count). The normalized spacial score (nSPS) is 46.7. The number of hydrogen-bond donors (Lipinski definition) is 0.